The highest BCUT2D eigenvalue weighted by Gasteiger charge is 2.24. The van der Waals surface area contributed by atoms with Gasteiger partial charge in [0.25, 0.3) is 5.91 Å². The van der Waals surface area contributed by atoms with Gasteiger partial charge in [-0.15, -0.1) is 0 Å². The normalized spacial score (nSPS) is 13.2. The molecule has 122 valence electrons. The lowest BCUT2D eigenvalue weighted by molar-refractivity contribution is -0.140. The second-order valence-electron chi connectivity index (χ2n) is 5.65. The van der Waals surface area contributed by atoms with E-state index in [1.54, 1.807) is 27.7 Å². The van der Waals surface area contributed by atoms with E-state index in [4.69, 9.17) is 5.11 Å². The zero-order chi connectivity index (χ0) is 17.1. The number of rotatable bonds is 6. The average molecular weight is 327 g/mol. The quantitative estimate of drug-likeness (QED) is 0.828. The largest absolute Gasteiger partial charge is 0.480 e. The first-order valence-electron chi connectivity index (χ1n) is 6.95. The molecule has 0 radical (unpaired) electrons. The minimum atomic E-state index is -3.40. The third-order valence-corrected chi connectivity index (χ3v) is 5.46. The van der Waals surface area contributed by atoms with E-state index < -0.39 is 33.0 Å². The van der Waals surface area contributed by atoms with Gasteiger partial charge in [-0.3, -0.25) is 4.79 Å². The molecule has 0 aliphatic heterocycles. The maximum Gasteiger partial charge on any atom is 0.326 e. The maximum absolute atomic E-state index is 12.0. The van der Waals surface area contributed by atoms with Crippen molar-refractivity contribution in [2.75, 3.05) is 0 Å². The van der Waals surface area contributed by atoms with Crippen LogP contribution >= 0.6 is 0 Å². The molecule has 1 aromatic carbocycles. The Labute approximate surface area is 130 Å². The number of amides is 1. The highest BCUT2D eigenvalue weighted by Crippen LogP contribution is 2.16. The van der Waals surface area contributed by atoms with Crippen LogP contribution in [0.4, 0.5) is 0 Å². The summed E-state index contributed by atoms with van der Waals surface area (Å²) in [5.41, 5.74) is 0.217. The van der Waals surface area contributed by atoms with Crippen molar-refractivity contribution in [1.82, 2.24) is 5.32 Å². The van der Waals surface area contributed by atoms with Crippen molar-refractivity contribution in [2.45, 2.75) is 43.9 Å². The van der Waals surface area contributed by atoms with Crippen LogP contribution in [0.1, 0.15) is 38.1 Å². The van der Waals surface area contributed by atoms with Crippen LogP contribution in [0.3, 0.4) is 0 Å². The molecule has 0 bridgehead atoms. The number of hydrogen-bond acceptors (Lipinski definition) is 4. The first kappa shape index (κ1) is 18.2. The Kier molecular flexibility index (Phi) is 5.71. The van der Waals surface area contributed by atoms with Crippen LogP contribution in [0.2, 0.25) is 0 Å². The van der Waals surface area contributed by atoms with Crippen molar-refractivity contribution < 1.29 is 23.1 Å². The summed E-state index contributed by atoms with van der Waals surface area (Å²) in [6, 6.07) is 4.48. The number of carbonyl (C=O) groups excluding carboxylic acids is 1. The van der Waals surface area contributed by atoms with Crippen LogP contribution in [0.15, 0.2) is 29.2 Å². The fraction of sp³-hybridized carbons (Fsp3) is 0.467. The van der Waals surface area contributed by atoms with E-state index in [2.05, 4.69) is 5.32 Å². The summed E-state index contributed by atoms with van der Waals surface area (Å²) in [5.74, 6) is -1.92. The summed E-state index contributed by atoms with van der Waals surface area (Å²) >= 11 is 0. The summed E-state index contributed by atoms with van der Waals surface area (Å²) in [6.45, 7) is 6.54. The SMILES string of the molecule is CC(C)[C@@H](NC(=O)c1ccc(S(=O)(=O)C(C)C)cc1)C(=O)O. The van der Waals surface area contributed by atoms with Gasteiger partial charge < -0.3 is 10.4 Å². The third-order valence-electron chi connectivity index (χ3n) is 3.28. The lowest BCUT2D eigenvalue weighted by atomic mass is 10.0. The minimum Gasteiger partial charge on any atom is -0.480 e. The topological polar surface area (TPSA) is 101 Å². The van der Waals surface area contributed by atoms with Gasteiger partial charge in [0.05, 0.1) is 10.1 Å². The van der Waals surface area contributed by atoms with Crippen molar-refractivity contribution in [2.24, 2.45) is 5.92 Å². The maximum atomic E-state index is 12.0. The molecule has 1 aromatic rings. The van der Waals surface area contributed by atoms with E-state index in [0.29, 0.717) is 0 Å². The fourth-order valence-electron chi connectivity index (χ4n) is 1.81. The van der Waals surface area contributed by atoms with E-state index in [1.807, 2.05) is 0 Å². The molecule has 2 N–H and O–H groups in total. The fourth-order valence-corrected chi connectivity index (χ4v) is 2.87. The summed E-state index contributed by atoms with van der Waals surface area (Å²) in [4.78, 5) is 23.2. The second kappa shape index (κ2) is 6.91. The van der Waals surface area contributed by atoms with E-state index in [-0.39, 0.29) is 16.4 Å². The van der Waals surface area contributed by atoms with Gasteiger partial charge in [0.1, 0.15) is 6.04 Å². The van der Waals surface area contributed by atoms with E-state index in [0.717, 1.165) is 0 Å². The molecule has 0 saturated heterocycles. The number of hydrogen-bond donors (Lipinski definition) is 2. The predicted octanol–water partition coefficient (Wildman–Crippen LogP) is 1.71. The van der Waals surface area contributed by atoms with Crippen LogP contribution in [-0.4, -0.2) is 36.7 Å². The van der Waals surface area contributed by atoms with E-state index in [1.165, 1.54) is 24.3 Å². The molecule has 6 nitrogen and oxygen atoms in total. The molecule has 7 heteroatoms. The van der Waals surface area contributed by atoms with Crippen LogP contribution in [-0.2, 0) is 14.6 Å². The molecule has 1 amide bonds. The lowest BCUT2D eigenvalue weighted by Crippen LogP contribution is -2.44. The molecule has 0 aliphatic carbocycles. The second-order valence-corrected chi connectivity index (χ2v) is 8.16. The third kappa shape index (κ3) is 4.07. The van der Waals surface area contributed by atoms with Gasteiger partial charge in [-0.25, -0.2) is 13.2 Å². The predicted molar refractivity (Wildman–Crippen MR) is 82.5 cm³/mol. The van der Waals surface area contributed by atoms with Crippen LogP contribution in [0, 0.1) is 5.92 Å². The Hall–Kier alpha value is -1.89. The number of nitrogens with one attached hydrogen (secondary N) is 1. The number of carboxylic acids is 1. The molecule has 0 aliphatic rings. The van der Waals surface area contributed by atoms with Gasteiger partial charge in [-0.1, -0.05) is 13.8 Å². The molecule has 1 rings (SSSR count). The first-order chi connectivity index (χ1) is 10.1. The van der Waals surface area contributed by atoms with Gasteiger partial charge >= 0.3 is 5.97 Å². The standard InChI is InChI=1S/C15H21NO5S/c1-9(2)13(15(18)19)16-14(17)11-5-7-12(8-6-11)22(20,21)10(3)4/h5-10,13H,1-4H3,(H,16,17)(H,18,19)/t13-/m1/s1. The smallest absolute Gasteiger partial charge is 0.326 e. The van der Waals surface area contributed by atoms with Crippen LogP contribution in [0.25, 0.3) is 0 Å². The van der Waals surface area contributed by atoms with E-state index >= 15 is 0 Å². The average Bonchev–Trinajstić information content (AvgIpc) is 2.43. The highest BCUT2D eigenvalue weighted by molar-refractivity contribution is 7.92. The molecule has 22 heavy (non-hydrogen) atoms. The number of carbonyl (C=O) groups is 2. The molecule has 0 aromatic heterocycles. The van der Waals surface area contributed by atoms with Crippen molar-refractivity contribution in [3.8, 4) is 0 Å². The van der Waals surface area contributed by atoms with Crippen molar-refractivity contribution >= 4 is 21.7 Å². The van der Waals surface area contributed by atoms with Crippen molar-refractivity contribution in [3.63, 3.8) is 0 Å². The molecule has 0 heterocycles. The van der Waals surface area contributed by atoms with Crippen LogP contribution < -0.4 is 5.32 Å². The molecule has 0 fully saturated rings. The van der Waals surface area contributed by atoms with Crippen molar-refractivity contribution in [1.29, 1.82) is 0 Å². The Morgan fingerprint density at radius 2 is 1.55 bits per heavy atom. The van der Waals surface area contributed by atoms with Crippen LogP contribution in [0.5, 0.6) is 0 Å². The number of carboxylic acid groups (broad SMARTS) is 1. The number of sulfone groups is 1. The van der Waals surface area contributed by atoms with Gasteiger partial charge in [0.2, 0.25) is 0 Å². The summed E-state index contributed by atoms with van der Waals surface area (Å²) < 4.78 is 24.0. The van der Waals surface area contributed by atoms with Gasteiger partial charge in [-0.05, 0) is 44.0 Å². The zero-order valence-corrected chi connectivity index (χ0v) is 13.8. The Morgan fingerprint density at radius 3 is 1.91 bits per heavy atom. The summed E-state index contributed by atoms with van der Waals surface area (Å²) in [7, 11) is -3.40. The van der Waals surface area contributed by atoms with E-state index in [9.17, 15) is 18.0 Å². The Balaban J connectivity index is 2.96. The summed E-state index contributed by atoms with van der Waals surface area (Å²) in [6.07, 6.45) is 0. The Bertz CT molecular complexity index is 647. The first-order valence-corrected chi connectivity index (χ1v) is 8.49. The number of aliphatic carboxylic acids is 1. The highest BCUT2D eigenvalue weighted by atomic mass is 32.2. The zero-order valence-electron chi connectivity index (χ0n) is 13.0. The minimum absolute atomic E-state index is 0.137. The molecule has 0 unspecified atom stereocenters. The monoisotopic (exact) mass is 327 g/mol. The molecular formula is C15H21NO5S. The molecule has 0 spiro atoms. The Morgan fingerprint density at radius 1 is 1.05 bits per heavy atom. The number of benzene rings is 1. The summed E-state index contributed by atoms with van der Waals surface area (Å²) in [5, 5.41) is 10.9. The van der Waals surface area contributed by atoms with Gasteiger partial charge in [0.15, 0.2) is 9.84 Å². The lowest BCUT2D eigenvalue weighted by Gasteiger charge is -2.18. The van der Waals surface area contributed by atoms with Crippen molar-refractivity contribution in [3.05, 3.63) is 29.8 Å². The molecule has 1 atom stereocenters. The molecule has 0 saturated carbocycles. The van der Waals surface area contributed by atoms with Gasteiger partial charge in [0, 0.05) is 5.56 Å². The van der Waals surface area contributed by atoms with Gasteiger partial charge in [-0.2, -0.15) is 0 Å². The molecular weight excluding hydrogens is 306 g/mol.